The molecule has 0 fully saturated rings. The predicted molar refractivity (Wildman–Crippen MR) is 154 cm³/mol. The first-order chi connectivity index (χ1) is 19.6. The first-order valence-corrected chi connectivity index (χ1v) is 14.2. The van der Waals surface area contributed by atoms with Crippen molar-refractivity contribution < 1.29 is 34.2 Å². The average molecular weight is 574 g/mol. The number of hydrogen-bond acceptors (Lipinski definition) is 7. The maximum absolute atomic E-state index is 13.3. The molecule has 3 atom stereocenters. The van der Waals surface area contributed by atoms with Crippen LogP contribution in [0, 0.1) is 5.92 Å². The van der Waals surface area contributed by atoms with Crippen LogP contribution < -0.4 is 22.1 Å². The minimum Gasteiger partial charge on any atom is -0.481 e. The van der Waals surface area contributed by atoms with Crippen LogP contribution in [0.25, 0.3) is 10.9 Å². The molecule has 12 heteroatoms. The lowest BCUT2D eigenvalue weighted by Gasteiger charge is -2.20. The molecule has 226 valence electrons. The van der Waals surface area contributed by atoms with Crippen molar-refractivity contribution in [1.82, 2.24) is 15.6 Å². The molecule has 2 aromatic rings. The number of nitrogens with two attached hydrogens (primary N) is 2. The normalized spacial score (nSPS) is 13.3. The summed E-state index contributed by atoms with van der Waals surface area (Å²) in [5.41, 5.74) is 13.5. The summed E-state index contributed by atoms with van der Waals surface area (Å²) >= 11 is 0. The van der Waals surface area contributed by atoms with E-state index in [0.717, 1.165) is 42.1 Å². The summed E-state index contributed by atoms with van der Waals surface area (Å²) < 4.78 is 0. The van der Waals surface area contributed by atoms with Crippen LogP contribution in [0.15, 0.2) is 30.5 Å². The molecule has 0 aliphatic rings. The van der Waals surface area contributed by atoms with Crippen LogP contribution in [0.3, 0.4) is 0 Å². The molecular formula is C29H43N5O7. The molecule has 12 nitrogen and oxygen atoms in total. The molecule has 0 bridgehead atoms. The van der Waals surface area contributed by atoms with Gasteiger partial charge in [0.05, 0.1) is 6.04 Å². The summed E-state index contributed by atoms with van der Waals surface area (Å²) in [6, 6.07) is 5.70. The number of carbonyl (C=O) groups excluding carboxylic acids is 3. The van der Waals surface area contributed by atoms with E-state index in [0.29, 0.717) is 13.0 Å². The highest BCUT2D eigenvalue weighted by molar-refractivity contribution is 5.91. The zero-order valence-electron chi connectivity index (χ0n) is 23.4. The van der Waals surface area contributed by atoms with E-state index in [4.69, 9.17) is 16.6 Å². The number of hydrogen-bond donors (Lipinski definition) is 7. The third kappa shape index (κ3) is 12.1. The van der Waals surface area contributed by atoms with Crippen LogP contribution in [0.5, 0.6) is 0 Å². The van der Waals surface area contributed by atoms with Crippen molar-refractivity contribution in [1.29, 1.82) is 0 Å². The Hall–Kier alpha value is -3.77. The second-order valence-electron chi connectivity index (χ2n) is 10.3. The lowest BCUT2D eigenvalue weighted by molar-refractivity contribution is -0.142. The zero-order chi connectivity index (χ0) is 30.2. The van der Waals surface area contributed by atoms with E-state index in [1.807, 2.05) is 30.5 Å². The van der Waals surface area contributed by atoms with Gasteiger partial charge in [-0.2, -0.15) is 0 Å². The monoisotopic (exact) mass is 573 g/mol. The van der Waals surface area contributed by atoms with Crippen molar-refractivity contribution in [3.8, 4) is 0 Å². The molecule has 0 unspecified atom stereocenters. The first kappa shape index (κ1) is 33.4. The van der Waals surface area contributed by atoms with Gasteiger partial charge in [-0.15, -0.1) is 0 Å². The Balaban J connectivity index is 2.01. The Morgan fingerprint density at radius 1 is 0.927 bits per heavy atom. The van der Waals surface area contributed by atoms with Crippen LogP contribution in [0.1, 0.15) is 69.8 Å². The van der Waals surface area contributed by atoms with E-state index >= 15 is 0 Å². The second-order valence-corrected chi connectivity index (χ2v) is 10.3. The molecule has 2 amide bonds. The van der Waals surface area contributed by atoms with Crippen molar-refractivity contribution in [2.75, 3.05) is 13.1 Å². The minimum atomic E-state index is -1.27. The molecule has 0 aliphatic carbocycles. The smallest absolute Gasteiger partial charge is 0.326 e. The number of nitrogens with one attached hydrogen (secondary N) is 3. The number of aromatic nitrogens is 1. The average Bonchev–Trinajstić information content (AvgIpc) is 3.34. The number of para-hydroxylation sites is 1. The Labute approximate surface area is 239 Å². The highest BCUT2D eigenvalue weighted by Gasteiger charge is 2.27. The number of carbonyl (C=O) groups is 5. The molecule has 1 aromatic heterocycles. The number of Topliss-reactive ketones (excluding diaryl/α,β-unsaturated/α-hetero) is 1. The molecule has 0 saturated carbocycles. The summed E-state index contributed by atoms with van der Waals surface area (Å²) in [6.07, 6.45) is 5.88. The summed E-state index contributed by atoms with van der Waals surface area (Å²) in [5.74, 6) is -4.23. The summed E-state index contributed by atoms with van der Waals surface area (Å²) in [6.45, 7) is 0.582. The molecule has 0 saturated heterocycles. The second kappa shape index (κ2) is 17.8. The van der Waals surface area contributed by atoms with Crippen LogP contribution in [0.2, 0.25) is 0 Å². The van der Waals surface area contributed by atoms with E-state index in [1.165, 1.54) is 0 Å². The Bertz CT molecular complexity index is 1170. The predicted octanol–water partition coefficient (Wildman–Crippen LogP) is 1.85. The molecule has 0 radical (unpaired) electrons. The third-order valence-corrected chi connectivity index (χ3v) is 7.00. The number of carboxylic acids is 2. The Kier molecular flexibility index (Phi) is 14.5. The summed E-state index contributed by atoms with van der Waals surface area (Å²) in [7, 11) is 0. The maximum atomic E-state index is 13.3. The molecule has 9 N–H and O–H groups in total. The van der Waals surface area contributed by atoms with Crippen LogP contribution >= 0.6 is 0 Å². The lowest BCUT2D eigenvalue weighted by Crippen LogP contribution is -2.44. The molecule has 2 rings (SSSR count). The Morgan fingerprint density at radius 3 is 2.37 bits per heavy atom. The van der Waals surface area contributed by atoms with Crippen molar-refractivity contribution in [3.05, 3.63) is 36.0 Å². The highest BCUT2D eigenvalue weighted by Crippen LogP contribution is 2.23. The van der Waals surface area contributed by atoms with E-state index in [9.17, 15) is 29.1 Å². The fraction of sp³-hybridized carbons (Fsp3) is 0.552. The minimum absolute atomic E-state index is 0.0447. The first-order valence-electron chi connectivity index (χ1n) is 14.2. The number of fused-ring (bicyclic) bond motifs is 1. The standard InChI is InChI=1S/C29H43N5O7/c30-14-6-2-1-3-9-22(31)25(35)17-19(16-20-18-33-23-10-5-4-8-21(20)23)28(39)32-15-13-24(29(40)41)34-26(36)11-7-12-27(37)38/h4-5,8,10,18-19,22,24,33H,1-3,6-7,9,11-17,30-31H2,(H,32,39)(H,34,36)(H,37,38)(H,40,41)/t19-,22-,24+/m0/s1. The van der Waals surface area contributed by atoms with Gasteiger partial charge < -0.3 is 37.3 Å². The molecule has 1 aromatic carbocycles. The number of aliphatic carboxylic acids is 2. The molecule has 0 spiro atoms. The number of unbranched alkanes of at least 4 members (excludes halogenated alkanes) is 3. The number of carboxylic acid groups (broad SMARTS) is 2. The molecule has 1 heterocycles. The van der Waals surface area contributed by atoms with Gasteiger partial charge in [0, 0.05) is 48.8 Å². The molecule has 41 heavy (non-hydrogen) atoms. The maximum Gasteiger partial charge on any atom is 0.326 e. The fourth-order valence-corrected chi connectivity index (χ4v) is 4.65. The van der Waals surface area contributed by atoms with Gasteiger partial charge in [0.1, 0.15) is 11.8 Å². The Morgan fingerprint density at radius 2 is 1.66 bits per heavy atom. The fourth-order valence-electron chi connectivity index (χ4n) is 4.65. The quantitative estimate of drug-likeness (QED) is 0.108. The molecular weight excluding hydrogens is 530 g/mol. The zero-order valence-corrected chi connectivity index (χ0v) is 23.4. The van der Waals surface area contributed by atoms with E-state index in [2.05, 4.69) is 15.6 Å². The van der Waals surface area contributed by atoms with E-state index in [-0.39, 0.29) is 50.9 Å². The van der Waals surface area contributed by atoms with Gasteiger partial charge in [-0.3, -0.25) is 19.2 Å². The van der Waals surface area contributed by atoms with Crippen molar-refractivity contribution in [2.45, 2.75) is 82.7 Å². The summed E-state index contributed by atoms with van der Waals surface area (Å²) in [4.78, 5) is 63.7. The van der Waals surface area contributed by atoms with Crippen LogP contribution in [-0.2, 0) is 30.4 Å². The number of ketones is 1. The van der Waals surface area contributed by atoms with E-state index < -0.39 is 41.8 Å². The van der Waals surface area contributed by atoms with E-state index in [1.54, 1.807) is 0 Å². The number of benzene rings is 1. The van der Waals surface area contributed by atoms with Gasteiger partial charge in [0.25, 0.3) is 0 Å². The van der Waals surface area contributed by atoms with Crippen molar-refractivity contribution >= 4 is 40.4 Å². The number of rotatable bonds is 21. The molecule has 0 aliphatic heterocycles. The third-order valence-electron chi connectivity index (χ3n) is 7.00. The number of aromatic amines is 1. The van der Waals surface area contributed by atoms with Crippen molar-refractivity contribution in [3.63, 3.8) is 0 Å². The highest BCUT2D eigenvalue weighted by atomic mass is 16.4. The van der Waals surface area contributed by atoms with Crippen LogP contribution in [-0.4, -0.2) is 69.9 Å². The number of H-pyrrole nitrogens is 1. The summed E-state index contributed by atoms with van der Waals surface area (Å²) in [5, 5.41) is 24.2. The van der Waals surface area contributed by atoms with Crippen LogP contribution in [0.4, 0.5) is 0 Å². The van der Waals surface area contributed by atoms with Crippen molar-refractivity contribution in [2.24, 2.45) is 17.4 Å². The topological polar surface area (TPSA) is 218 Å². The van der Waals surface area contributed by atoms with Gasteiger partial charge >= 0.3 is 11.9 Å². The van der Waals surface area contributed by atoms with Gasteiger partial charge in [-0.1, -0.05) is 37.5 Å². The van der Waals surface area contributed by atoms with Gasteiger partial charge in [0.15, 0.2) is 0 Å². The van der Waals surface area contributed by atoms with Gasteiger partial charge in [-0.05, 0) is 50.3 Å². The SMILES string of the molecule is NCCCCCC[C@H](N)C(=O)C[C@H](Cc1c[nH]c2ccccc12)C(=O)NCC[C@@H](NC(=O)CCCC(=O)O)C(=O)O. The van der Waals surface area contributed by atoms with Gasteiger partial charge in [0.2, 0.25) is 11.8 Å². The number of amides is 2. The lowest BCUT2D eigenvalue weighted by atomic mass is 9.90. The van der Waals surface area contributed by atoms with Gasteiger partial charge in [-0.25, -0.2) is 4.79 Å². The largest absolute Gasteiger partial charge is 0.481 e.